The van der Waals surface area contributed by atoms with E-state index in [2.05, 4.69) is 104 Å². The highest BCUT2D eigenvalue weighted by Crippen LogP contribution is 2.37. The van der Waals surface area contributed by atoms with Crippen LogP contribution in [-0.4, -0.2) is 0 Å². The standard InChI is InChI=1S/C28H36/c1-19-16-22(21-10-9-11-23(18-21)27(3,4)5)12-14-25(19)26-15-13-24(17-20(26)2)28(6,7)8/h10,12-18H,9,11H2,1-8H3. The second kappa shape index (κ2) is 7.39. The van der Waals surface area contributed by atoms with E-state index in [9.17, 15) is 0 Å². The molecule has 3 rings (SSSR count). The fourth-order valence-electron chi connectivity index (χ4n) is 4.07. The van der Waals surface area contributed by atoms with Crippen LogP contribution in [0.4, 0.5) is 0 Å². The lowest BCUT2D eigenvalue weighted by Gasteiger charge is -2.26. The highest BCUT2D eigenvalue weighted by atomic mass is 14.2. The van der Waals surface area contributed by atoms with E-state index in [1.54, 1.807) is 5.57 Å². The van der Waals surface area contributed by atoms with Gasteiger partial charge in [-0.2, -0.15) is 0 Å². The molecule has 0 heteroatoms. The van der Waals surface area contributed by atoms with Gasteiger partial charge in [0, 0.05) is 0 Å². The first kappa shape index (κ1) is 20.6. The fourth-order valence-corrected chi connectivity index (χ4v) is 4.07. The molecule has 0 unspecified atom stereocenters. The number of allylic oxidation sites excluding steroid dienone is 4. The van der Waals surface area contributed by atoms with Crippen molar-refractivity contribution in [3.63, 3.8) is 0 Å². The van der Waals surface area contributed by atoms with E-state index in [-0.39, 0.29) is 10.8 Å². The molecule has 0 spiro atoms. The molecule has 2 aromatic carbocycles. The molecule has 0 fully saturated rings. The molecule has 0 nitrogen and oxygen atoms in total. The van der Waals surface area contributed by atoms with Gasteiger partial charge in [0.25, 0.3) is 0 Å². The Bertz CT molecular complexity index is 937. The van der Waals surface area contributed by atoms with Crippen LogP contribution in [0.5, 0.6) is 0 Å². The fraction of sp³-hybridized carbons (Fsp3) is 0.429. The van der Waals surface area contributed by atoms with Gasteiger partial charge in [-0.25, -0.2) is 0 Å². The number of benzene rings is 2. The molecule has 0 N–H and O–H groups in total. The molecule has 0 atom stereocenters. The minimum Gasteiger partial charge on any atom is -0.0763 e. The van der Waals surface area contributed by atoms with Gasteiger partial charge in [0.1, 0.15) is 0 Å². The van der Waals surface area contributed by atoms with E-state index >= 15 is 0 Å². The molecule has 0 aromatic heterocycles. The van der Waals surface area contributed by atoms with Crippen molar-refractivity contribution < 1.29 is 0 Å². The van der Waals surface area contributed by atoms with Crippen molar-refractivity contribution in [3.05, 3.63) is 76.4 Å². The smallest absolute Gasteiger partial charge is 0.0132 e. The Morgan fingerprint density at radius 3 is 1.86 bits per heavy atom. The summed E-state index contributed by atoms with van der Waals surface area (Å²) in [6, 6.07) is 13.9. The molecule has 148 valence electrons. The van der Waals surface area contributed by atoms with Crippen molar-refractivity contribution in [1.29, 1.82) is 0 Å². The third kappa shape index (κ3) is 4.32. The maximum atomic E-state index is 2.42. The lowest BCUT2D eigenvalue weighted by Crippen LogP contribution is -2.11. The molecular weight excluding hydrogens is 336 g/mol. The summed E-state index contributed by atoms with van der Waals surface area (Å²) in [4.78, 5) is 0. The number of rotatable bonds is 2. The van der Waals surface area contributed by atoms with Gasteiger partial charge in [-0.3, -0.25) is 0 Å². The molecule has 2 aromatic rings. The van der Waals surface area contributed by atoms with Crippen molar-refractivity contribution in [1.82, 2.24) is 0 Å². The number of hydrogen-bond acceptors (Lipinski definition) is 0. The van der Waals surface area contributed by atoms with Crippen LogP contribution in [0.15, 0.2) is 54.1 Å². The Morgan fingerprint density at radius 1 is 0.714 bits per heavy atom. The average molecular weight is 373 g/mol. The molecular formula is C28H36. The minimum atomic E-state index is 0.187. The van der Waals surface area contributed by atoms with Crippen molar-refractivity contribution in [2.45, 2.75) is 73.6 Å². The second-order valence-electron chi connectivity index (χ2n) is 10.4. The molecule has 0 amide bonds. The largest absolute Gasteiger partial charge is 0.0763 e. The Labute approximate surface area is 172 Å². The highest BCUT2D eigenvalue weighted by molar-refractivity contribution is 5.79. The SMILES string of the molecule is Cc1cc(C2=CCCC(C(C)(C)C)=C2)ccc1-c1ccc(C(C)(C)C)cc1C. The number of hydrogen-bond donors (Lipinski definition) is 0. The Hall–Kier alpha value is -2.08. The van der Waals surface area contributed by atoms with Crippen LogP contribution < -0.4 is 0 Å². The van der Waals surface area contributed by atoms with E-state index < -0.39 is 0 Å². The van der Waals surface area contributed by atoms with Crippen LogP contribution in [0.2, 0.25) is 0 Å². The monoisotopic (exact) mass is 372 g/mol. The van der Waals surface area contributed by atoms with Crippen molar-refractivity contribution in [2.75, 3.05) is 0 Å². The van der Waals surface area contributed by atoms with Crippen LogP contribution in [0.3, 0.4) is 0 Å². The summed E-state index contributed by atoms with van der Waals surface area (Å²) in [7, 11) is 0. The first-order valence-electron chi connectivity index (χ1n) is 10.6. The molecule has 0 aliphatic heterocycles. The van der Waals surface area contributed by atoms with Gasteiger partial charge >= 0.3 is 0 Å². The van der Waals surface area contributed by atoms with E-state index in [1.807, 2.05) is 0 Å². The van der Waals surface area contributed by atoms with Crippen molar-refractivity contribution in [2.24, 2.45) is 5.41 Å². The topological polar surface area (TPSA) is 0 Å². The van der Waals surface area contributed by atoms with Gasteiger partial charge in [-0.15, -0.1) is 0 Å². The predicted molar refractivity (Wildman–Crippen MR) is 125 cm³/mol. The van der Waals surface area contributed by atoms with E-state index in [0.29, 0.717) is 0 Å². The maximum absolute atomic E-state index is 2.42. The lowest BCUT2D eigenvalue weighted by molar-refractivity contribution is 0.482. The lowest BCUT2D eigenvalue weighted by atomic mass is 9.79. The Morgan fingerprint density at radius 2 is 1.32 bits per heavy atom. The summed E-state index contributed by atoms with van der Waals surface area (Å²) in [5.74, 6) is 0. The first-order valence-corrected chi connectivity index (χ1v) is 10.6. The maximum Gasteiger partial charge on any atom is -0.0132 e. The average Bonchev–Trinajstić information content (AvgIpc) is 2.60. The Balaban J connectivity index is 1.96. The summed E-state index contributed by atoms with van der Waals surface area (Å²) in [5, 5.41) is 0. The van der Waals surface area contributed by atoms with Crippen molar-refractivity contribution >= 4 is 5.57 Å². The minimum absolute atomic E-state index is 0.187. The first-order chi connectivity index (χ1) is 13.0. The summed E-state index contributed by atoms with van der Waals surface area (Å²) >= 11 is 0. The quantitative estimate of drug-likeness (QED) is 0.496. The van der Waals surface area contributed by atoms with Gasteiger partial charge in [0.15, 0.2) is 0 Å². The highest BCUT2D eigenvalue weighted by Gasteiger charge is 2.20. The summed E-state index contributed by atoms with van der Waals surface area (Å²) in [6.45, 7) is 18.3. The molecule has 0 saturated heterocycles. The van der Waals surface area contributed by atoms with E-state index in [4.69, 9.17) is 0 Å². The molecule has 0 bridgehead atoms. The molecule has 0 heterocycles. The molecule has 1 aliphatic rings. The summed E-state index contributed by atoms with van der Waals surface area (Å²) < 4.78 is 0. The van der Waals surface area contributed by atoms with Crippen LogP contribution in [-0.2, 0) is 5.41 Å². The molecule has 0 radical (unpaired) electrons. The summed E-state index contributed by atoms with van der Waals surface area (Å²) in [6.07, 6.45) is 7.14. The third-order valence-electron chi connectivity index (χ3n) is 6.01. The van der Waals surface area contributed by atoms with Crippen LogP contribution in [0.1, 0.15) is 76.6 Å². The second-order valence-corrected chi connectivity index (χ2v) is 10.4. The van der Waals surface area contributed by atoms with Gasteiger partial charge in [0.05, 0.1) is 0 Å². The third-order valence-corrected chi connectivity index (χ3v) is 6.01. The van der Waals surface area contributed by atoms with Crippen LogP contribution >= 0.6 is 0 Å². The molecule has 1 aliphatic carbocycles. The Kier molecular flexibility index (Phi) is 5.45. The van der Waals surface area contributed by atoms with Crippen LogP contribution in [0.25, 0.3) is 16.7 Å². The van der Waals surface area contributed by atoms with E-state index in [1.165, 1.54) is 45.4 Å². The van der Waals surface area contributed by atoms with E-state index in [0.717, 1.165) is 6.42 Å². The zero-order valence-electron chi connectivity index (χ0n) is 19.0. The van der Waals surface area contributed by atoms with Crippen LogP contribution in [0, 0.1) is 19.3 Å². The normalized spacial score (nSPS) is 15.3. The van der Waals surface area contributed by atoms with Gasteiger partial charge < -0.3 is 0 Å². The van der Waals surface area contributed by atoms with Crippen molar-refractivity contribution in [3.8, 4) is 11.1 Å². The van der Waals surface area contributed by atoms with Gasteiger partial charge in [0.2, 0.25) is 0 Å². The molecule has 28 heavy (non-hydrogen) atoms. The predicted octanol–water partition coefficient (Wildman–Crippen LogP) is 8.42. The molecule has 0 saturated carbocycles. The van der Waals surface area contributed by atoms with Gasteiger partial charge in [-0.1, -0.05) is 95.7 Å². The number of aryl methyl sites for hydroxylation is 2. The summed E-state index contributed by atoms with van der Waals surface area (Å²) in [5.41, 5.74) is 11.5. The zero-order valence-corrected chi connectivity index (χ0v) is 19.0. The van der Waals surface area contributed by atoms with Gasteiger partial charge in [-0.05, 0) is 76.5 Å². The zero-order chi connectivity index (χ0) is 20.7.